The fraction of sp³-hybridized carbons (Fsp3) is 0.481. The summed E-state index contributed by atoms with van der Waals surface area (Å²) >= 11 is 1.80. The standard InChI is InChI=1S/C27H31NO2S/c1-27-13-12-22-21-9-7-20(31-15-3-5-26(29)30)16-18(21)6-8-23(22)25(27)11-10-24(27)19-4-2-14-28-17-19/h2,4,7,9-10,14,16-17,22-23,25H,3,5-6,8,11-13,15H2,1H3,(H,29,30). The maximum Gasteiger partial charge on any atom is 0.303 e. The van der Waals surface area contributed by atoms with Crippen LogP contribution in [-0.4, -0.2) is 21.8 Å². The number of hydrogen-bond donors (Lipinski definition) is 1. The van der Waals surface area contributed by atoms with Gasteiger partial charge in [-0.25, -0.2) is 0 Å². The van der Waals surface area contributed by atoms with Crippen molar-refractivity contribution in [3.63, 3.8) is 0 Å². The van der Waals surface area contributed by atoms with Gasteiger partial charge in [-0.05, 0) is 108 Å². The van der Waals surface area contributed by atoms with Crippen molar-refractivity contribution in [2.75, 3.05) is 5.75 Å². The fourth-order valence-corrected chi connectivity index (χ4v) is 7.51. The summed E-state index contributed by atoms with van der Waals surface area (Å²) in [6, 6.07) is 11.3. The van der Waals surface area contributed by atoms with E-state index in [0.29, 0.717) is 5.92 Å². The van der Waals surface area contributed by atoms with E-state index < -0.39 is 5.97 Å². The van der Waals surface area contributed by atoms with Crippen molar-refractivity contribution in [1.29, 1.82) is 0 Å². The molecular weight excluding hydrogens is 402 g/mol. The minimum Gasteiger partial charge on any atom is -0.481 e. The lowest BCUT2D eigenvalue weighted by atomic mass is 9.54. The SMILES string of the molecule is CC12CCC3c4ccc(SCCCC(=O)O)cc4CCC3C1CC=C2c1cccnc1. The van der Waals surface area contributed by atoms with Gasteiger partial charge in [0.2, 0.25) is 0 Å². The Morgan fingerprint density at radius 2 is 2.19 bits per heavy atom. The molecule has 5 rings (SSSR count). The lowest BCUT2D eigenvalue weighted by Gasteiger charge is -2.50. The molecule has 1 N–H and O–H groups in total. The second-order valence-electron chi connectivity index (χ2n) is 9.67. The molecule has 0 radical (unpaired) electrons. The number of benzene rings is 1. The first kappa shape index (κ1) is 20.8. The van der Waals surface area contributed by atoms with Crippen molar-refractivity contribution in [1.82, 2.24) is 4.98 Å². The van der Waals surface area contributed by atoms with E-state index in [0.717, 1.165) is 24.0 Å². The molecule has 4 heteroatoms. The minimum absolute atomic E-state index is 0.261. The topological polar surface area (TPSA) is 50.2 Å². The molecule has 1 heterocycles. The number of rotatable bonds is 6. The molecular formula is C27H31NO2S. The lowest BCUT2D eigenvalue weighted by molar-refractivity contribution is -0.137. The highest BCUT2D eigenvalue weighted by Crippen LogP contribution is 2.63. The van der Waals surface area contributed by atoms with Crippen LogP contribution in [0.4, 0.5) is 0 Å². The van der Waals surface area contributed by atoms with Gasteiger partial charge in [0.25, 0.3) is 0 Å². The number of aliphatic carboxylic acids is 1. The summed E-state index contributed by atoms with van der Waals surface area (Å²) in [6.45, 7) is 2.51. The second-order valence-corrected chi connectivity index (χ2v) is 10.8. The Labute approximate surface area is 189 Å². The molecule has 4 unspecified atom stereocenters. The van der Waals surface area contributed by atoms with Gasteiger partial charge in [-0.3, -0.25) is 9.78 Å². The van der Waals surface area contributed by atoms with E-state index in [1.807, 2.05) is 12.4 Å². The average molecular weight is 434 g/mol. The van der Waals surface area contributed by atoms with Gasteiger partial charge in [-0.1, -0.05) is 25.1 Å². The highest BCUT2D eigenvalue weighted by Gasteiger charge is 2.51. The van der Waals surface area contributed by atoms with E-state index >= 15 is 0 Å². The molecule has 1 fully saturated rings. The molecule has 3 aliphatic carbocycles. The normalized spacial score (nSPS) is 28.9. The number of carboxylic acid groups (broad SMARTS) is 1. The Morgan fingerprint density at radius 1 is 1.29 bits per heavy atom. The van der Waals surface area contributed by atoms with Crippen molar-refractivity contribution < 1.29 is 9.90 Å². The number of thioether (sulfide) groups is 1. The van der Waals surface area contributed by atoms with Gasteiger partial charge in [-0.2, -0.15) is 0 Å². The number of carboxylic acids is 1. The number of hydrogen-bond acceptors (Lipinski definition) is 3. The second kappa shape index (κ2) is 8.46. The van der Waals surface area contributed by atoms with Crippen LogP contribution in [-0.2, 0) is 11.2 Å². The number of carbonyl (C=O) groups is 1. The molecule has 4 atom stereocenters. The number of aryl methyl sites for hydroxylation is 1. The van der Waals surface area contributed by atoms with Gasteiger partial charge >= 0.3 is 5.97 Å². The molecule has 0 saturated heterocycles. The summed E-state index contributed by atoms with van der Waals surface area (Å²) in [5, 5.41) is 8.83. The van der Waals surface area contributed by atoms with Crippen LogP contribution in [0.5, 0.6) is 0 Å². The molecule has 0 amide bonds. The summed E-state index contributed by atoms with van der Waals surface area (Å²) in [5.41, 5.74) is 6.24. The van der Waals surface area contributed by atoms with Gasteiger partial charge in [0.1, 0.15) is 0 Å². The number of pyridine rings is 1. The minimum atomic E-state index is -0.700. The van der Waals surface area contributed by atoms with Crippen LogP contribution in [0.15, 0.2) is 53.7 Å². The Bertz CT molecular complexity index is 1000. The van der Waals surface area contributed by atoms with Crippen molar-refractivity contribution in [3.8, 4) is 0 Å². The van der Waals surface area contributed by atoms with Gasteiger partial charge in [0.15, 0.2) is 0 Å². The van der Waals surface area contributed by atoms with E-state index in [9.17, 15) is 4.79 Å². The zero-order valence-electron chi connectivity index (χ0n) is 18.2. The quantitative estimate of drug-likeness (QED) is 0.412. The molecule has 0 aliphatic heterocycles. The van der Waals surface area contributed by atoms with Gasteiger partial charge < -0.3 is 5.11 Å². The summed E-state index contributed by atoms with van der Waals surface area (Å²) in [7, 11) is 0. The van der Waals surface area contributed by atoms with Crippen molar-refractivity contribution >= 4 is 23.3 Å². The Balaban J connectivity index is 1.31. The number of aromatic nitrogens is 1. The van der Waals surface area contributed by atoms with E-state index in [4.69, 9.17) is 5.11 Å². The Morgan fingerprint density at radius 3 is 3.00 bits per heavy atom. The first-order valence-corrected chi connectivity index (χ1v) is 12.6. The van der Waals surface area contributed by atoms with Crippen molar-refractivity contribution in [3.05, 3.63) is 65.5 Å². The molecule has 162 valence electrons. The van der Waals surface area contributed by atoms with E-state index in [2.05, 4.69) is 48.3 Å². The fourth-order valence-electron chi connectivity index (χ4n) is 6.60. The van der Waals surface area contributed by atoms with Crippen LogP contribution in [0.3, 0.4) is 0 Å². The highest BCUT2D eigenvalue weighted by atomic mass is 32.2. The molecule has 1 saturated carbocycles. The molecule has 1 aromatic carbocycles. The molecule has 0 bridgehead atoms. The summed E-state index contributed by atoms with van der Waals surface area (Å²) in [6.07, 6.45) is 13.6. The molecule has 3 nitrogen and oxygen atoms in total. The first-order valence-electron chi connectivity index (χ1n) is 11.6. The number of fused-ring (bicyclic) bond motifs is 5. The molecule has 1 aromatic heterocycles. The van der Waals surface area contributed by atoms with E-state index in [1.165, 1.54) is 53.7 Å². The van der Waals surface area contributed by atoms with Crippen molar-refractivity contribution in [2.24, 2.45) is 17.3 Å². The maximum absolute atomic E-state index is 10.7. The Hall–Kier alpha value is -2.07. The third-order valence-corrected chi connectivity index (χ3v) is 9.14. The summed E-state index contributed by atoms with van der Waals surface area (Å²) in [5.74, 6) is 2.37. The lowest BCUT2D eigenvalue weighted by Crippen LogP contribution is -2.40. The van der Waals surface area contributed by atoms with Gasteiger partial charge in [-0.15, -0.1) is 11.8 Å². The molecule has 0 spiro atoms. The smallest absolute Gasteiger partial charge is 0.303 e. The Kier molecular flexibility index (Phi) is 5.68. The zero-order valence-corrected chi connectivity index (χ0v) is 19.0. The molecule has 2 aromatic rings. The number of allylic oxidation sites excluding steroid dienone is 2. The van der Waals surface area contributed by atoms with Crippen LogP contribution < -0.4 is 0 Å². The molecule has 31 heavy (non-hydrogen) atoms. The highest BCUT2D eigenvalue weighted by molar-refractivity contribution is 7.99. The molecule has 3 aliphatic rings. The van der Waals surface area contributed by atoms with Crippen LogP contribution >= 0.6 is 11.8 Å². The average Bonchev–Trinajstić information content (AvgIpc) is 3.14. The predicted octanol–water partition coefficient (Wildman–Crippen LogP) is 6.59. The zero-order chi connectivity index (χ0) is 21.4. The van der Waals surface area contributed by atoms with Crippen LogP contribution in [0.2, 0.25) is 0 Å². The predicted molar refractivity (Wildman–Crippen MR) is 126 cm³/mol. The third-order valence-electron chi connectivity index (χ3n) is 8.06. The third kappa shape index (κ3) is 3.84. The monoisotopic (exact) mass is 433 g/mol. The van der Waals surface area contributed by atoms with Gasteiger partial charge in [0, 0.05) is 23.7 Å². The first-order chi connectivity index (χ1) is 15.1. The largest absolute Gasteiger partial charge is 0.481 e. The summed E-state index contributed by atoms with van der Waals surface area (Å²) < 4.78 is 0. The number of nitrogens with zero attached hydrogens (tertiary/aromatic N) is 1. The summed E-state index contributed by atoms with van der Waals surface area (Å²) in [4.78, 5) is 16.4. The van der Waals surface area contributed by atoms with Crippen LogP contribution in [0.25, 0.3) is 5.57 Å². The van der Waals surface area contributed by atoms with E-state index in [-0.39, 0.29) is 11.8 Å². The van der Waals surface area contributed by atoms with Crippen molar-refractivity contribution in [2.45, 2.75) is 62.7 Å². The van der Waals surface area contributed by atoms with E-state index in [1.54, 1.807) is 17.3 Å². The van der Waals surface area contributed by atoms with Gasteiger partial charge in [0.05, 0.1) is 0 Å². The maximum atomic E-state index is 10.7. The van der Waals surface area contributed by atoms with Crippen LogP contribution in [0, 0.1) is 17.3 Å². The van der Waals surface area contributed by atoms with Crippen LogP contribution in [0.1, 0.15) is 68.1 Å².